The van der Waals surface area contributed by atoms with E-state index in [2.05, 4.69) is 26.8 Å². The van der Waals surface area contributed by atoms with Gasteiger partial charge < -0.3 is 5.11 Å². The summed E-state index contributed by atoms with van der Waals surface area (Å²) in [6, 6.07) is 0. The molecule has 0 aliphatic heterocycles. The Bertz CT molecular complexity index is 550. The topological polar surface area (TPSA) is 37.3 Å². The third kappa shape index (κ3) is 2.06. The van der Waals surface area contributed by atoms with Crippen LogP contribution < -0.4 is 0 Å². The van der Waals surface area contributed by atoms with Crippen molar-refractivity contribution in [3.05, 3.63) is 11.6 Å². The van der Waals surface area contributed by atoms with E-state index in [-0.39, 0.29) is 11.5 Å². The van der Waals surface area contributed by atoms with E-state index in [1.54, 1.807) is 0 Å². The number of hydrogen-bond donors (Lipinski definition) is 1. The molecule has 4 rings (SSSR count). The van der Waals surface area contributed by atoms with Crippen LogP contribution in [0.15, 0.2) is 11.6 Å². The fourth-order valence-electron chi connectivity index (χ4n) is 7.43. The number of aliphatic hydroxyl groups is 1. The summed E-state index contributed by atoms with van der Waals surface area (Å²) in [6.07, 6.45) is 10.7. The Balaban J connectivity index is 1.66. The first kappa shape index (κ1) is 15.9. The number of ketones is 1. The molecule has 0 aromatic rings. The maximum atomic E-state index is 11.9. The number of allylic oxidation sites excluding steroid dienone is 1. The normalized spacial score (nSPS) is 54.5. The monoisotopic (exact) mass is 316 g/mol. The number of carbonyl (C=O) groups excluding carboxylic acids is 1. The molecule has 2 heteroatoms. The molecule has 0 amide bonds. The molecule has 0 aromatic heterocycles. The van der Waals surface area contributed by atoms with Crippen LogP contribution in [0.25, 0.3) is 0 Å². The van der Waals surface area contributed by atoms with Crippen molar-refractivity contribution in [2.24, 2.45) is 34.5 Å². The number of Topliss-reactive ketones (excluding diaryl/α,β-unsaturated/α-hetero) is 1. The number of aliphatic hydroxyl groups excluding tert-OH is 1. The van der Waals surface area contributed by atoms with Gasteiger partial charge in [0.1, 0.15) is 5.78 Å². The van der Waals surface area contributed by atoms with Gasteiger partial charge in [0.25, 0.3) is 0 Å². The van der Waals surface area contributed by atoms with Gasteiger partial charge in [-0.3, -0.25) is 4.79 Å². The van der Waals surface area contributed by atoms with Crippen molar-refractivity contribution in [1.29, 1.82) is 0 Å². The van der Waals surface area contributed by atoms with E-state index in [1.165, 1.54) is 31.3 Å². The molecule has 4 fully saturated rings. The molecule has 128 valence electrons. The quantitative estimate of drug-likeness (QED) is 0.667. The van der Waals surface area contributed by atoms with Gasteiger partial charge in [0, 0.05) is 12.8 Å². The smallest absolute Gasteiger partial charge is 0.133 e. The zero-order chi connectivity index (χ0) is 16.4. The number of hydrogen-bond acceptors (Lipinski definition) is 2. The largest absolute Gasteiger partial charge is 0.389 e. The van der Waals surface area contributed by atoms with Crippen molar-refractivity contribution < 1.29 is 9.90 Å². The van der Waals surface area contributed by atoms with Crippen molar-refractivity contribution in [3.63, 3.8) is 0 Å². The van der Waals surface area contributed by atoms with Crippen molar-refractivity contribution in [3.8, 4) is 0 Å². The molecule has 0 spiro atoms. The SMILES string of the molecule is CC=C1[C@H](O)C[C@H]2[C@@H]3CCC4CC(=O)CC[C@]4(C)[C@H]3CC[C@]12C. The molecule has 2 nitrogen and oxygen atoms in total. The lowest BCUT2D eigenvalue weighted by atomic mass is 9.45. The van der Waals surface area contributed by atoms with E-state index in [1.807, 2.05) is 0 Å². The number of carbonyl (C=O) groups is 1. The molecule has 0 radical (unpaired) electrons. The van der Waals surface area contributed by atoms with Crippen LogP contribution in [0.2, 0.25) is 0 Å². The maximum Gasteiger partial charge on any atom is 0.133 e. The molecule has 0 saturated heterocycles. The van der Waals surface area contributed by atoms with Gasteiger partial charge in [-0.25, -0.2) is 0 Å². The Kier molecular flexibility index (Phi) is 3.58. The summed E-state index contributed by atoms with van der Waals surface area (Å²) in [7, 11) is 0. The van der Waals surface area contributed by atoms with Gasteiger partial charge in [-0.05, 0) is 85.5 Å². The van der Waals surface area contributed by atoms with Crippen LogP contribution in [-0.4, -0.2) is 17.0 Å². The highest BCUT2D eigenvalue weighted by Gasteiger charge is 2.60. The molecule has 7 atom stereocenters. The molecule has 23 heavy (non-hydrogen) atoms. The summed E-state index contributed by atoms with van der Waals surface area (Å²) in [6.45, 7) is 7.01. The lowest BCUT2D eigenvalue weighted by Gasteiger charge is -2.59. The second-order valence-electron chi connectivity index (χ2n) is 9.35. The maximum absolute atomic E-state index is 11.9. The first-order chi connectivity index (χ1) is 10.9. The van der Waals surface area contributed by atoms with Crippen LogP contribution in [0.3, 0.4) is 0 Å². The second-order valence-corrected chi connectivity index (χ2v) is 9.35. The van der Waals surface area contributed by atoms with Gasteiger partial charge in [-0.2, -0.15) is 0 Å². The van der Waals surface area contributed by atoms with E-state index in [0.717, 1.165) is 37.5 Å². The van der Waals surface area contributed by atoms with Gasteiger partial charge in [0.2, 0.25) is 0 Å². The highest BCUT2D eigenvalue weighted by Crippen LogP contribution is 2.67. The van der Waals surface area contributed by atoms with Crippen LogP contribution >= 0.6 is 0 Å². The van der Waals surface area contributed by atoms with Crippen LogP contribution in [-0.2, 0) is 4.79 Å². The van der Waals surface area contributed by atoms with E-state index in [4.69, 9.17) is 0 Å². The molecule has 1 unspecified atom stereocenters. The predicted molar refractivity (Wildman–Crippen MR) is 91.9 cm³/mol. The van der Waals surface area contributed by atoms with Crippen molar-refractivity contribution >= 4 is 5.78 Å². The van der Waals surface area contributed by atoms with E-state index in [0.29, 0.717) is 23.0 Å². The Hall–Kier alpha value is -0.630. The minimum Gasteiger partial charge on any atom is -0.389 e. The van der Waals surface area contributed by atoms with Gasteiger partial charge in [0.05, 0.1) is 6.10 Å². The first-order valence-corrected chi connectivity index (χ1v) is 9.76. The molecule has 4 aliphatic rings. The van der Waals surface area contributed by atoms with Crippen LogP contribution in [0.4, 0.5) is 0 Å². The molecule has 0 aromatic carbocycles. The molecular formula is C21H32O2. The summed E-state index contributed by atoms with van der Waals surface area (Å²) < 4.78 is 0. The third-order valence-corrected chi connectivity index (χ3v) is 8.68. The van der Waals surface area contributed by atoms with Gasteiger partial charge in [0.15, 0.2) is 0 Å². The van der Waals surface area contributed by atoms with Gasteiger partial charge in [-0.15, -0.1) is 0 Å². The summed E-state index contributed by atoms with van der Waals surface area (Å²) >= 11 is 0. The number of fused-ring (bicyclic) bond motifs is 5. The Morgan fingerprint density at radius 1 is 1.13 bits per heavy atom. The fraction of sp³-hybridized carbons (Fsp3) is 0.857. The Morgan fingerprint density at radius 2 is 1.91 bits per heavy atom. The summed E-state index contributed by atoms with van der Waals surface area (Å²) in [5.41, 5.74) is 1.91. The van der Waals surface area contributed by atoms with Gasteiger partial charge in [-0.1, -0.05) is 19.9 Å². The number of rotatable bonds is 0. The lowest BCUT2D eigenvalue weighted by molar-refractivity contribution is -0.136. The van der Waals surface area contributed by atoms with E-state index in [9.17, 15) is 9.90 Å². The van der Waals surface area contributed by atoms with Crippen LogP contribution in [0.5, 0.6) is 0 Å². The Labute approximate surface area is 140 Å². The average Bonchev–Trinajstić information content (AvgIpc) is 2.77. The molecule has 0 heterocycles. The van der Waals surface area contributed by atoms with Crippen LogP contribution in [0.1, 0.15) is 72.1 Å². The average molecular weight is 316 g/mol. The van der Waals surface area contributed by atoms with Crippen molar-refractivity contribution in [2.75, 3.05) is 0 Å². The highest BCUT2D eigenvalue weighted by molar-refractivity contribution is 5.79. The van der Waals surface area contributed by atoms with E-state index < -0.39 is 0 Å². The highest BCUT2D eigenvalue weighted by atomic mass is 16.3. The summed E-state index contributed by atoms with van der Waals surface area (Å²) in [5, 5.41) is 10.6. The summed E-state index contributed by atoms with van der Waals surface area (Å²) in [4.78, 5) is 11.9. The zero-order valence-electron chi connectivity index (χ0n) is 15.0. The molecule has 4 aliphatic carbocycles. The summed E-state index contributed by atoms with van der Waals surface area (Å²) in [5.74, 6) is 3.31. The van der Waals surface area contributed by atoms with E-state index >= 15 is 0 Å². The fourth-order valence-corrected chi connectivity index (χ4v) is 7.43. The van der Waals surface area contributed by atoms with Crippen molar-refractivity contribution in [1.82, 2.24) is 0 Å². The second kappa shape index (κ2) is 5.18. The lowest BCUT2D eigenvalue weighted by Crippen LogP contribution is -2.52. The van der Waals surface area contributed by atoms with Crippen molar-refractivity contribution in [2.45, 2.75) is 78.2 Å². The van der Waals surface area contributed by atoms with Crippen LogP contribution in [0, 0.1) is 34.5 Å². The zero-order valence-corrected chi connectivity index (χ0v) is 15.0. The van der Waals surface area contributed by atoms with Gasteiger partial charge >= 0.3 is 0 Å². The molecule has 0 bridgehead atoms. The standard InChI is InChI=1S/C21H32O2/c1-4-16-19(23)12-18-15-6-5-13-11-14(22)7-9-20(13,2)17(15)8-10-21(16,18)3/h4,13,15,17-19,23H,5-12H2,1-3H3/t13?,15-,17+,18+,19-,20+,21-/m1/s1. The third-order valence-electron chi connectivity index (χ3n) is 8.68. The molecular weight excluding hydrogens is 284 g/mol. The predicted octanol–water partition coefficient (Wildman–Crippen LogP) is 4.52. The molecule has 1 N–H and O–H groups in total. The first-order valence-electron chi connectivity index (χ1n) is 9.76. The Morgan fingerprint density at radius 3 is 2.65 bits per heavy atom. The minimum atomic E-state index is -0.216. The molecule has 4 saturated carbocycles. The minimum absolute atomic E-state index is 0.216.